The zero-order chi connectivity index (χ0) is 14.5. The Kier molecular flexibility index (Phi) is 4.82. The summed E-state index contributed by atoms with van der Waals surface area (Å²) in [5.74, 6) is 0.678. The lowest BCUT2D eigenvalue weighted by Crippen LogP contribution is -2.21. The minimum absolute atomic E-state index is 0.195. The first-order chi connectivity index (χ1) is 8.78. The summed E-state index contributed by atoms with van der Waals surface area (Å²) in [6.45, 7) is 1.56. The summed E-state index contributed by atoms with van der Waals surface area (Å²) in [6, 6.07) is 8.99. The van der Waals surface area contributed by atoms with Crippen molar-refractivity contribution < 1.29 is 17.9 Å². The second-order valence-corrected chi connectivity index (χ2v) is 4.81. The van der Waals surface area contributed by atoms with Crippen molar-refractivity contribution in [1.29, 1.82) is 5.26 Å². The van der Waals surface area contributed by atoms with Gasteiger partial charge in [0.1, 0.15) is 5.75 Å². The number of rotatable bonds is 5. The largest absolute Gasteiger partial charge is 0.497 e. The Bertz CT molecular complexity index is 447. The van der Waals surface area contributed by atoms with E-state index in [4.69, 9.17) is 10.00 Å². The molecule has 1 atom stereocenters. The van der Waals surface area contributed by atoms with Gasteiger partial charge in [-0.2, -0.15) is 18.4 Å². The summed E-state index contributed by atoms with van der Waals surface area (Å²) in [4.78, 5) is 0. The molecule has 0 saturated carbocycles. The minimum Gasteiger partial charge on any atom is -0.497 e. The highest BCUT2D eigenvalue weighted by Crippen LogP contribution is 2.33. The van der Waals surface area contributed by atoms with Crippen molar-refractivity contribution in [1.82, 2.24) is 0 Å². The number of hydrogen-bond acceptors (Lipinski definition) is 2. The SMILES string of the molecule is COc1ccc(CC(C)(C#N)CCC(F)(F)F)cc1. The van der Waals surface area contributed by atoms with Crippen LogP contribution in [0.15, 0.2) is 24.3 Å². The molecule has 19 heavy (non-hydrogen) atoms. The summed E-state index contributed by atoms with van der Waals surface area (Å²) in [7, 11) is 1.54. The Morgan fingerprint density at radius 2 is 1.74 bits per heavy atom. The summed E-state index contributed by atoms with van der Waals surface area (Å²) in [5.41, 5.74) is -0.184. The molecule has 0 radical (unpaired) electrons. The van der Waals surface area contributed by atoms with Gasteiger partial charge in [0.15, 0.2) is 0 Å². The van der Waals surface area contributed by atoms with Gasteiger partial charge in [-0.15, -0.1) is 0 Å². The summed E-state index contributed by atoms with van der Waals surface area (Å²) in [6.07, 6.45) is -5.06. The van der Waals surface area contributed by atoms with Crippen LogP contribution in [0.5, 0.6) is 5.75 Å². The predicted octanol–water partition coefficient (Wildman–Crippen LogP) is 4.11. The molecule has 0 fully saturated rings. The van der Waals surface area contributed by atoms with Crippen LogP contribution >= 0.6 is 0 Å². The van der Waals surface area contributed by atoms with Gasteiger partial charge in [0.25, 0.3) is 0 Å². The molecule has 1 unspecified atom stereocenters. The van der Waals surface area contributed by atoms with Crippen LogP contribution in [0.3, 0.4) is 0 Å². The maximum Gasteiger partial charge on any atom is 0.389 e. The first kappa shape index (κ1) is 15.4. The Balaban J connectivity index is 2.72. The average Bonchev–Trinajstić information content (AvgIpc) is 2.37. The molecule has 0 N–H and O–H groups in total. The minimum atomic E-state index is -4.22. The van der Waals surface area contributed by atoms with E-state index in [1.54, 1.807) is 31.2 Å². The van der Waals surface area contributed by atoms with E-state index in [2.05, 4.69) is 0 Å². The molecule has 0 aromatic heterocycles. The Labute approximate surface area is 110 Å². The fraction of sp³-hybridized carbons (Fsp3) is 0.500. The van der Waals surface area contributed by atoms with Crippen molar-refractivity contribution in [2.75, 3.05) is 7.11 Å². The quantitative estimate of drug-likeness (QED) is 0.807. The second kappa shape index (κ2) is 5.96. The molecule has 0 bridgehead atoms. The molecule has 5 heteroatoms. The maximum absolute atomic E-state index is 12.2. The monoisotopic (exact) mass is 271 g/mol. The standard InChI is InChI=1S/C14H16F3NO/c1-13(10-18,7-8-14(15,16)17)9-11-3-5-12(19-2)6-4-11/h3-6H,7-9H2,1-2H3. The number of alkyl halides is 3. The number of ether oxygens (including phenoxy) is 1. The molecular formula is C14H16F3NO. The highest BCUT2D eigenvalue weighted by atomic mass is 19.4. The van der Waals surface area contributed by atoms with Crippen LogP contribution in [-0.4, -0.2) is 13.3 Å². The van der Waals surface area contributed by atoms with E-state index in [1.807, 2.05) is 6.07 Å². The van der Waals surface area contributed by atoms with Crippen LogP contribution in [0.25, 0.3) is 0 Å². The van der Waals surface area contributed by atoms with E-state index >= 15 is 0 Å². The molecule has 2 nitrogen and oxygen atoms in total. The van der Waals surface area contributed by atoms with Gasteiger partial charge in [-0.05, 0) is 37.5 Å². The molecule has 1 aromatic carbocycles. The van der Waals surface area contributed by atoms with Crippen molar-refractivity contribution in [2.24, 2.45) is 5.41 Å². The van der Waals surface area contributed by atoms with Gasteiger partial charge in [-0.1, -0.05) is 12.1 Å². The number of methoxy groups -OCH3 is 1. The highest BCUT2D eigenvalue weighted by Gasteiger charge is 2.33. The molecule has 0 aliphatic carbocycles. The fourth-order valence-corrected chi connectivity index (χ4v) is 1.80. The fourth-order valence-electron chi connectivity index (χ4n) is 1.80. The third-order valence-corrected chi connectivity index (χ3v) is 2.98. The van der Waals surface area contributed by atoms with Gasteiger partial charge in [-0.25, -0.2) is 0 Å². The van der Waals surface area contributed by atoms with Gasteiger partial charge in [0, 0.05) is 6.42 Å². The zero-order valence-corrected chi connectivity index (χ0v) is 10.9. The van der Waals surface area contributed by atoms with Crippen LogP contribution in [-0.2, 0) is 6.42 Å². The molecule has 0 aliphatic heterocycles. The zero-order valence-electron chi connectivity index (χ0n) is 10.9. The lowest BCUT2D eigenvalue weighted by Gasteiger charge is -2.22. The van der Waals surface area contributed by atoms with Crippen LogP contribution < -0.4 is 4.74 Å². The Morgan fingerprint density at radius 3 is 2.16 bits per heavy atom. The van der Waals surface area contributed by atoms with E-state index in [9.17, 15) is 13.2 Å². The van der Waals surface area contributed by atoms with E-state index in [1.165, 1.54) is 7.11 Å². The third kappa shape index (κ3) is 5.21. The topological polar surface area (TPSA) is 33.0 Å². The first-order valence-corrected chi connectivity index (χ1v) is 5.89. The van der Waals surface area contributed by atoms with Crippen LogP contribution in [0.4, 0.5) is 13.2 Å². The van der Waals surface area contributed by atoms with Gasteiger partial charge in [-0.3, -0.25) is 0 Å². The predicted molar refractivity (Wildman–Crippen MR) is 65.7 cm³/mol. The average molecular weight is 271 g/mol. The number of benzene rings is 1. The molecule has 0 amide bonds. The van der Waals surface area contributed by atoms with E-state index in [-0.39, 0.29) is 6.42 Å². The van der Waals surface area contributed by atoms with Gasteiger partial charge in [0.05, 0.1) is 18.6 Å². The van der Waals surface area contributed by atoms with Crippen molar-refractivity contribution in [3.05, 3.63) is 29.8 Å². The van der Waals surface area contributed by atoms with E-state index < -0.39 is 18.0 Å². The Hall–Kier alpha value is -1.70. The van der Waals surface area contributed by atoms with Crippen LogP contribution in [0.1, 0.15) is 25.3 Å². The molecule has 0 saturated heterocycles. The van der Waals surface area contributed by atoms with Gasteiger partial charge in [0.2, 0.25) is 0 Å². The number of hydrogen-bond donors (Lipinski definition) is 0. The molecule has 0 heterocycles. The number of halogens is 3. The van der Waals surface area contributed by atoms with Gasteiger partial charge >= 0.3 is 6.18 Å². The highest BCUT2D eigenvalue weighted by molar-refractivity contribution is 5.28. The van der Waals surface area contributed by atoms with Crippen molar-refractivity contribution in [3.8, 4) is 11.8 Å². The van der Waals surface area contributed by atoms with Gasteiger partial charge < -0.3 is 4.74 Å². The smallest absolute Gasteiger partial charge is 0.389 e. The van der Waals surface area contributed by atoms with Crippen molar-refractivity contribution >= 4 is 0 Å². The normalized spacial score (nSPS) is 14.5. The number of nitrogens with zero attached hydrogens (tertiary/aromatic N) is 1. The van der Waals surface area contributed by atoms with Crippen LogP contribution in [0.2, 0.25) is 0 Å². The summed E-state index contributed by atoms with van der Waals surface area (Å²) in [5, 5.41) is 9.10. The Morgan fingerprint density at radius 1 is 1.16 bits per heavy atom. The molecular weight excluding hydrogens is 255 g/mol. The lowest BCUT2D eigenvalue weighted by atomic mass is 9.81. The number of nitriles is 1. The van der Waals surface area contributed by atoms with Crippen LogP contribution in [0, 0.1) is 16.7 Å². The molecule has 0 aliphatic rings. The molecule has 1 aromatic rings. The lowest BCUT2D eigenvalue weighted by molar-refractivity contribution is -0.138. The van der Waals surface area contributed by atoms with E-state index in [0.29, 0.717) is 12.2 Å². The van der Waals surface area contributed by atoms with E-state index in [0.717, 1.165) is 5.56 Å². The third-order valence-electron chi connectivity index (χ3n) is 2.98. The first-order valence-electron chi connectivity index (χ1n) is 5.89. The molecule has 0 spiro atoms. The second-order valence-electron chi connectivity index (χ2n) is 4.81. The summed E-state index contributed by atoms with van der Waals surface area (Å²) < 4.78 is 41.7. The van der Waals surface area contributed by atoms with Crippen molar-refractivity contribution in [2.45, 2.75) is 32.4 Å². The van der Waals surface area contributed by atoms with Crippen molar-refractivity contribution in [3.63, 3.8) is 0 Å². The summed E-state index contributed by atoms with van der Waals surface area (Å²) >= 11 is 0. The maximum atomic E-state index is 12.2. The molecule has 1 rings (SSSR count). The molecule has 104 valence electrons.